The molecule has 0 aliphatic rings. The molecule has 2 aromatic heterocycles. The van der Waals surface area contributed by atoms with Crippen molar-refractivity contribution in [1.82, 2.24) is 9.97 Å². The van der Waals surface area contributed by atoms with Gasteiger partial charge in [0.2, 0.25) is 0 Å². The SMILES string of the molecule is CSc1nc2ccc(NC(=O)c3ccc(N)cn3)cc2s1. The van der Waals surface area contributed by atoms with Crippen molar-refractivity contribution in [2.45, 2.75) is 4.34 Å². The lowest BCUT2D eigenvalue weighted by Gasteiger charge is -2.04. The Morgan fingerprint density at radius 3 is 2.90 bits per heavy atom. The number of nitrogen functional groups attached to an aromatic ring is 1. The van der Waals surface area contributed by atoms with E-state index in [1.165, 1.54) is 6.20 Å². The maximum Gasteiger partial charge on any atom is 0.274 e. The van der Waals surface area contributed by atoms with Crippen LogP contribution in [0.5, 0.6) is 0 Å². The summed E-state index contributed by atoms with van der Waals surface area (Å²) in [6.07, 6.45) is 3.46. The quantitative estimate of drug-likeness (QED) is 0.725. The highest BCUT2D eigenvalue weighted by Crippen LogP contribution is 2.30. The number of nitrogens with one attached hydrogen (secondary N) is 1. The molecular weight excluding hydrogens is 304 g/mol. The molecule has 3 N–H and O–H groups in total. The summed E-state index contributed by atoms with van der Waals surface area (Å²) >= 11 is 3.22. The highest BCUT2D eigenvalue weighted by atomic mass is 32.2. The number of thioether (sulfide) groups is 1. The molecule has 1 aromatic carbocycles. The minimum atomic E-state index is -0.260. The van der Waals surface area contributed by atoms with E-state index in [0.717, 1.165) is 20.2 Å². The van der Waals surface area contributed by atoms with Crippen LogP contribution in [0.3, 0.4) is 0 Å². The van der Waals surface area contributed by atoms with E-state index in [9.17, 15) is 4.79 Å². The number of carbonyl (C=O) groups is 1. The first-order valence-electron chi connectivity index (χ1n) is 6.13. The Kier molecular flexibility index (Phi) is 3.76. The van der Waals surface area contributed by atoms with Crippen molar-refractivity contribution in [2.75, 3.05) is 17.3 Å². The molecule has 0 aliphatic heterocycles. The monoisotopic (exact) mass is 316 g/mol. The normalized spacial score (nSPS) is 10.7. The van der Waals surface area contributed by atoms with E-state index >= 15 is 0 Å². The third kappa shape index (κ3) is 2.98. The maximum absolute atomic E-state index is 12.1. The van der Waals surface area contributed by atoms with Crippen LogP contribution in [0.2, 0.25) is 0 Å². The van der Waals surface area contributed by atoms with Crippen LogP contribution in [0.4, 0.5) is 11.4 Å². The molecule has 0 radical (unpaired) electrons. The average Bonchev–Trinajstić information content (AvgIpc) is 2.90. The number of pyridine rings is 1. The molecule has 0 bridgehead atoms. The number of nitrogens with two attached hydrogens (primary N) is 1. The van der Waals surface area contributed by atoms with Gasteiger partial charge in [0.05, 0.1) is 22.1 Å². The molecule has 0 spiro atoms. The van der Waals surface area contributed by atoms with E-state index in [-0.39, 0.29) is 5.91 Å². The van der Waals surface area contributed by atoms with Crippen molar-refractivity contribution in [1.29, 1.82) is 0 Å². The summed E-state index contributed by atoms with van der Waals surface area (Å²) in [7, 11) is 0. The number of rotatable bonds is 3. The number of anilines is 2. The summed E-state index contributed by atoms with van der Waals surface area (Å²) in [5, 5.41) is 2.83. The van der Waals surface area contributed by atoms with Crippen molar-refractivity contribution in [3.05, 3.63) is 42.2 Å². The minimum Gasteiger partial charge on any atom is -0.397 e. The van der Waals surface area contributed by atoms with Gasteiger partial charge in [-0.2, -0.15) is 0 Å². The van der Waals surface area contributed by atoms with E-state index < -0.39 is 0 Å². The Morgan fingerprint density at radius 2 is 2.19 bits per heavy atom. The molecule has 0 unspecified atom stereocenters. The van der Waals surface area contributed by atoms with Crippen LogP contribution in [-0.4, -0.2) is 22.1 Å². The number of hydrogen-bond donors (Lipinski definition) is 2. The van der Waals surface area contributed by atoms with Crippen molar-refractivity contribution in [3.63, 3.8) is 0 Å². The smallest absolute Gasteiger partial charge is 0.274 e. The second kappa shape index (κ2) is 5.71. The van der Waals surface area contributed by atoms with Crippen molar-refractivity contribution in [2.24, 2.45) is 0 Å². The summed E-state index contributed by atoms with van der Waals surface area (Å²) in [5.41, 5.74) is 8.08. The molecular formula is C14H12N4OS2. The van der Waals surface area contributed by atoms with Gasteiger partial charge in [-0.05, 0) is 36.6 Å². The average molecular weight is 316 g/mol. The van der Waals surface area contributed by atoms with Crippen LogP contribution >= 0.6 is 23.1 Å². The predicted octanol–water partition coefficient (Wildman–Crippen LogP) is 3.25. The number of fused-ring (bicyclic) bond motifs is 1. The molecule has 1 amide bonds. The van der Waals surface area contributed by atoms with Crippen molar-refractivity contribution >= 4 is 50.6 Å². The fraction of sp³-hybridized carbons (Fsp3) is 0.0714. The molecule has 0 fully saturated rings. The van der Waals surface area contributed by atoms with Crippen LogP contribution in [0.15, 0.2) is 40.9 Å². The van der Waals surface area contributed by atoms with Gasteiger partial charge >= 0.3 is 0 Å². The van der Waals surface area contributed by atoms with Gasteiger partial charge in [0.15, 0.2) is 4.34 Å². The van der Waals surface area contributed by atoms with Gasteiger partial charge in [-0.15, -0.1) is 11.3 Å². The zero-order chi connectivity index (χ0) is 14.8. The highest BCUT2D eigenvalue weighted by molar-refractivity contribution is 8.00. The second-order valence-corrected chi connectivity index (χ2v) is 6.38. The molecule has 0 atom stereocenters. The largest absolute Gasteiger partial charge is 0.397 e. The van der Waals surface area contributed by atoms with E-state index in [4.69, 9.17) is 5.73 Å². The molecule has 3 aromatic rings. The fourth-order valence-electron chi connectivity index (χ4n) is 1.80. The molecule has 7 heteroatoms. The van der Waals surface area contributed by atoms with Crippen LogP contribution in [-0.2, 0) is 0 Å². The predicted molar refractivity (Wildman–Crippen MR) is 88.0 cm³/mol. The summed E-state index contributed by atoms with van der Waals surface area (Å²) < 4.78 is 2.05. The summed E-state index contributed by atoms with van der Waals surface area (Å²) in [4.78, 5) is 20.6. The molecule has 2 heterocycles. The summed E-state index contributed by atoms with van der Waals surface area (Å²) in [6.45, 7) is 0. The molecule has 0 aliphatic carbocycles. The highest BCUT2D eigenvalue weighted by Gasteiger charge is 2.09. The topological polar surface area (TPSA) is 80.9 Å². The van der Waals surface area contributed by atoms with Gasteiger partial charge in [-0.1, -0.05) is 11.8 Å². The number of thiazole rings is 1. The van der Waals surface area contributed by atoms with E-state index in [2.05, 4.69) is 15.3 Å². The third-order valence-corrected chi connectivity index (χ3v) is 4.82. The van der Waals surface area contributed by atoms with E-state index in [0.29, 0.717) is 11.4 Å². The molecule has 0 saturated carbocycles. The Balaban J connectivity index is 1.83. The lowest BCUT2D eigenvalue weighted by atomic mass is 10.2. The molecule has 106 valence electrons. The van der Waals surface area contributed by atoms with Crippen LogP contribution in [0, 0.1) is 0 Å². The first-order valence-corrected chi connectivity index (χ1v) is 8.17. The number of aromatic nitrogens is 2. The lowest BCUT2D eigenvalue weighted by Crippen LogP contribution is -2.13. The first-order chi connectivity index (χ1) is 10.2. The lowest BCUT2D eigenvalue weighted by molar-refractivity contribution is 0.102. The number of carbonyl (C=O) groups excluding carboxylic acids is 1. The van der Waals surface area contributed by atoms with Gasteiger partial charge in [0.25, 0.3) is 5.91 Å². The van der Waals surface area contributed by atoms with Crippen molar-refractivity contribution < 1.29 is 4.79 Å². The van der Waals surface area contributed by atoms with E-state index in [1.54, 1.807) is 35.2 Å². The van der Waals surface area contributed by atoms with Crippen LogP contribution in [0.1, 0.15) is 10.5 Å². The van der Waals surface area contributed by atoms with Crippen LogP contribution in [0.25, 0.3) is 10.2 Å². The summed E-state index contributed by atoms with van der Waals surface area (Å²) in [6, 6.07) is 8.90. The third-order valence-electron chi connectivity index (χ3n) is 2.82. The molecule has 3 rings (SSSR count). The van der Waals surface area contributed by atoms with Crippen LogP contribution < -0.4 is 11.1 Å². The Bertz CT molecular complexity index is 798. The maximum atomic E-state index is 12.1. The first kappa shape index (κ1) is 13.8. The molecule has 21 heavy (non-hydrogen) atoms. The number of benzene rings is 1. The minimum absolute atomic E-state index is 0.260. The van der Waals surface area contributed by atoms with Gasteiger partial charge in [0.1, 0.15) is 5.69 Å². The zero-order valence-electron chi connectivity index (χ0n) is 11.2. The van der Waals surface area contributed by atoms with E-state index in [1.807, 2.05) is 24.5 Å². The summed E-state index contributed by atoms with van der Waals surface area (Å²) in [5.74, 6) is -0.260. The van der Waals surface area contributed by atoms with Gasteiger partial charge in [0, 0.05) is 5.69 Å². The Morgan fingerprint density at radius 1 is 1.33 bits per heavy atom. The zero-order valence-corrected chi connectivity index (χ0v) is 12.8. The van der Waals surface area contributed by atoms with Crippen molar-refractivity contribution in [3.8, 4) is 0 Å². The molecule has 0 saturated heterocycles. The number of amides is 1. The number of nitrogens with zero attached hydrogens (tertiary/aromatic N) is 2. The molecule has 5 nitrogen and oxygen atoms in total. The standard InChI is InChI=1S/C14H12N4OS2/c1-20-14-18-10-5-3-9(6-12(10)21-14)17-13(19)11-4-2-8(15)7-16-11/h2-7H,15H2,1H3,(H,17,19). The van der Waals surface area contributed by atoms with Gasteiger partial charge in [-0.3, -0.25) is 4.79 Å². The van der Waals surface area contributed by atoms with Gasteiger partial charge < -0.3 is 11.1 Å². The second-order valence-electron chi connectivity index (χ2n) is 4.30. The Labute approximate surface area is 129 Å². The number of hydrogen-bond acceptors (Lipinski definition) is 6. The Hall–Kier alpha value is -2.12. The van der Waals surface area contributed by atoms with Gasteiger partial charge in [-0.25, -0.2) is 9.97 Å². The fourth-order valence-corrected chi connectivity index (χ4v) is 3.33.